The van der Waals surface area contributed by atoms with Crippen LogP contribution >= 0.6 is 45.2 Å². The van der Waals surface area contributed by atoms with Crippen molar-refractivity contribution in [3.05, 3.63) is 89.8 Å². The van der Waals surface area contributed by atoms with Crippen LogP contribution in [0.3, 0.4) is 0 Å². The Bertz CT molecular complexity index is 1430. The molecule has 0 bridgehead atoms. The fourth-order valence-corrected chi connectivity index (χ4v) is 5.36. The van der Waals surface area contributed by atoms with Crippen molar-refractivity contribution in [3.63, 3.8) is 0 Å². The minimum absolute atomic E-state index is 0.253. The number of para-hydroxylation sites is 1. The van der Waals surface area contributed by atoms with Crippen LogP contribution in [0.25, 0.3) is 22.3 Å². The summed E-state index contributed by atoms with van der Waals surface area (Å²) in [6.45, 7) is 1.64. The number of carbonyl (C=O) groups is 1. The molecule has 1 heterocycles. The summed E-state index contributed by atoms with van der Waals surface area (Å²) in [6, 6.07) is 20.4. The molecule has 9 heteroatoms. The highest BCUT2D eigenvalue weighted by Gasteiger charge is 2.19. The Kier molecular flexibility index (Phi) is 7.61. The van der Waals surface area contributed by atoms with Crippen LogP contribution in [0.1, 0.15) is 12.5 Å². The summed E-state index contributed by atoms with van der Waals surface area (Å²) in [5, 5.41) is 5.00. The van der Waals surface area contributed by atoms with Gasteiger partial charge in [-0.15, -0.1) is 0 Å². The molecule has 0 saturated carbocycles. The van der Waals surface area contributed by atoms with Gasteiger partial charge in [-0.1, -0.05) is 42.5 Å². The third-order valence-corrected chi connectivity index (χ3v) is 6.56. The van der Waals surface area contributed by atoms with Crippen LogP contribution in [0.4, 0.5) is 0 Å². The van der Waals surface area contributed by atoms with Crippen molar-refractivity contribution < 1.29 is 14.3 Å². The van der Waals surface area contributed by atoms with E-state index >= 15 is 0 Å². The number of benzene rings is 3. The lowest BCUT2D eigenvalue weighted by Gasteiger charge is -2.15. The Morgan fingerprint density at radius 3 is 2.38 bits per heavy atom. The molecule has 4 aromatic rings. The molecule has 0 amide bonds. The monoisotopic (exact) mass is 679 g/mol. The predicted molar refractivity (Wildman–Crippen MR) is 148 cm³/mol. The lowest BCUT2D eigenvalue weighted by atomic mass is 10.2. The highest BCUT2D eigenvalue weighted by molar-refractivity contribution is 14.1. The van der Waals surface area contributed by atoms with Gasteiger partial charge < -0.3 is 9.47 Å². The largest absolute Gasteiger partial charge is 0.477 e. The van der Waals surface area contributed by atoms with Crippen LogP contribution in [0.5, 0.6) is 5.75 Å². The number of aromatic nitrogens is 2. The number of methoxy groups -OCH3 is 1. The van der Waals surface area contributed by atoms with Crippen molar-refractivity contribution in [1.82, 2.24) is 9.66 Å². The van der Waals surface area contributed by atoms with Gasteiger partial charge in [-0.05, 0) is 81.9 Å². The highest BCUT2D eigenvalue weighted by Crippen LogP contribution is 2.29. The number of esters is 1. The maximum atomic E-state index is 13.3. The van der Waals surface area contributed by atoms with Crippen LogP contribution in [-0.2, 0) is 9.53 Å². The number of carbonyl (C=O) groups excluding carboxylic acids is 1. The van der Waals surface area contributed by atoms with Crippen molar-refractivity contribution in [1.29, 1.82) is 0 Å². The van der Waals surface area contributed by atoms with Crippen LogP contribution < -0.4 is 10.3 Å². The Morgan fingerprint density at radius 2 is 1.71 bits per heavy atom. The van der Waals surface area contributed by atoms with Gasteiger partial charge in [-0.2, -0.15) is 9.78 Å². The summed E-state index contributed by atoms with van der Waals surface area (Å²) in [4.78, 5) is 29.7. The van der Waals surface area contributed by atoms with E-state index in [-0.39, 0.29) is 5.56 Å². The van der Waals surface area contributed by atoms with E-state index in [2.05, 4.69) is 50.3 Å². The fraction of sp³-hybridized carbons (Fsp3) is 0.120. The van der Waals surface area contributed by atoms with Gasteiger partial charge in [0.2, 0.25) is 0 Å². The number of hydrogen-bond donors (Lipinski definition) is 0. The van der Waals surface area contributed by atoms with Crippen molar-refractivity contribution in [2.24, 2.45) is 5.10 Å². The zero-order valence-electron chi connectivity index (χ0n) is 18.2. The fourth-order valence-electron chi connectivity index (χ4n) is 3.29. The quantitative estimate of drug-likeness (QED) is 0.161. The number of nitrogens with zero attached hydrogens (tertiary/aromatic N) is 3. The zero-order chi connectivity index (χ0) is 24.2. The first-order valence-electron chi connectivity index (χ1n) is 10.2. The number of fused-ring (bicyclic) bond motifs is 1. The molecule has 0 aliphatic heterocycles. The van der Waals surface area contributed by atoms with Gasteiger partial charge in [0, 0.05) is 5.56 Å². The van der Waals surface area contributed by atoms with E-state index in [9.17, 15) is 9.59 Å². The molecule has 0 saturated heterocycles. The van der Waals surface area contributed by atoms with Gasteiger partial charge in [0.15, 0.2) is 11.9 Å². The maximum absolute atomic E-state index is 13.3. The first-order valence-corrected chi connectivity index (χ1v) is 12.4. The Balaban J connectivity index is 1.76. The second kappa shape index (κ2) is 10.6. The second-order valence-corrected chi connectivity index (χ2v) is 9.60. The molecular formula is C25H19I2N3O4. The Hall–Kier alpha value is -2.80. The average molecular weight is 679 g/mol. The third-order valence-electron chi connectivity index (χ3n) is 4.96. The predicted octanol–water partition coefficient (Wildman–Crippen LogP) is 5.10. The van der Waals surface area contributed by atoms with Crippen molar-refractivity contribution in [2.75, 3.05) is 7.11 Å². The van der Waals surface area contributed by atoms with E-state index in [1.165, 1.54) is 11.8 Å². The van der Waals surface area contributed by atoms with E-state index in [1.54, 1.807) is 25.3 Å². The lowest BCUT2D eigenvalue weighted by Crippen LogP contribution is -2.25. The lowest BCUT2D eigenvalue weighted by molar-refractivity contribution is -0.147. The molecular weight excluding hydrogens is 660 g/mol. The number of ether oxygens (including phenoxy) is 2. The summed E-state index contributed by atoms with van der Waals surface area (Å²) in [6.07, 6.45) is 0.879. The van der Waals surface area contributed by atoms with Gasteiger partial charge in [0.1, 0.15) is 5.75 Å². The number of halogens is 2. The van der Waals surface area contributed by atoms with Crippen LogP contribution in [0, 0.1) is 7.14 Å². The molecule has 0 aliphatic rings. The molecule has 0 unspecified atom stereocenters. The second-order valence-electron chi connectivity index (χ2n) is 7.28. The summed E-state index contributed by atoms with van der Waals surface area (Å²) >= 11 is 4.29. The van der Waals surface area contributed by atoms with Crippen molar-refractivity contribution >= 4 is 68.3 Å². The smallest absolute Gasteiger partial charge is 0.346 e. The normalized spacial score (nSPS) is 12.1. The first-order chi connectivity index (χ1) is 16.4. The molecule has 0 N–H and O–H groups in total. The maximum Gasteiger partial charge on any atom is 0.346 e. The molecule has 3 aromatic carbocycles. The number of rotatable bonds is 6. The summed E-state index contributed by atoms with van der Waals surface area (Å²) in [5.74, 6) is 0.594. The van der Waals surface area contributed by atoms with Gasteiger partial charge in [-0.25, -0.2) is 9.78 Å². The molecule has 7 nitrogen and oxygen atoms in total. The van der Waals surface area contributed by atoms with Gasteiger partial charge >= 0.3 is 5.97 Å². The van der Waals surface area contributed by atoms with E-state index in [4.69, 9.17) is 14.5 Å². The topological polar surface area (TPSA) is 82.8 Å². The molecule has 34 heavy (non-hydrogen) atoms. The first kappa shape index (κ1) is 24.3. The van der Waals surface area contributed by atoms with Crippen LogP contribution in [0.15, 0.2) is 76.6 Å². The van der Waals surface area contributed by atoms with E-state index in [0.717, 1.165) is 18.3 Å². The van der Waals surface area contributed by atoms with Crippen molar-refractivity contribution in [2.45, 2.75) is 13.0 Å². The van der Waals surface area contributed by atoms with Gasteiger partial charge in [0.05, 0.1) is 31.4 Å². The Morgan fingerprint density at radius 1 is 1.06 bits per heavy atom. The van der Waals surface area contributed by atoms with Crippen molar-refractivity contribution in [3.8, 4) is 17.1 Å². The summed E-state index contributed by atoms with van der Waals surface area (Å²) in [7, 11) is 1.32. The molecule has 172 valence electrons. The van der Waals surface area contributed by atoms with E-state index < -0.39 is 12.1 Å². The minimum Gasteiger partial charge on any atom is -0.477 e. The van der Waals surface area contributed by atoms with E-state index in [1.807, 2.05) is 54.6 Å². The molecule has 0 fully saturated rings. The molecule has 0 radical (unpaired) electrons. The molecule has 4 rings (SSSR count). The summed E-state index contributed by atoms with van der Waals surface area (Å²) < 4.78 is 13.4. The number of hydrogen-bond acceptors (Lipinski definition) is 6. The third kappa shape index (κ3) is 5.14. The van der Waals surface area contributed by atoms with E-state index in [0.29, 0.717) is 22.5 Å². The molecule has 0 spiro atoms. The zero-order valence-corrected chi connectivity index (χ0v) is 22.6. The van der Waals surface area contributed by atoms with Crippen LogP contribution in [0.2, 0.25) is 0 Å². The highest BCUT2D eigenvalue weighted by atomic mass is 127. The van der Waals surface area contributed by atoms with Crippen LogP contribution in [-0.4, -0.2) is 35.1 Å². The van der Waals surface area contributed by atoms with Gasteiger partial charge in [-0.3, -0.25) is 4.79 Å². The summed E-state index contributed by atoms with van der Waals surface area (Å²) in [5.41, 5.74) is 1.92. The minimum atomic E-state index is -0.734. The standard InChI is InChI=1S/C25H19I2N3O4/c1-15(25(32)33-2)34-22-19(26)12-16(13-20(22)27)14-28-30-23(17-8-4-3-5-9-17)29-21-11-7-6-10-18(21)24(30)31/h3-15H,1-2H3/t15-/m1/s1. The SMILES string of the molecule is COC(=O)[C@@H](C)Oc1c(I)cc(C=Nn2c(-c3ccccc3)nc3ccccc3c2=O)cc1I. The Labute approximate surface area is 223 Å². The molecule has 1 atom stereocenters. The molecule has 1 aromatic heterocycles. The molecule has 0 aliphatic carbocycles. The average Bonchev–Trinajstić information content (AvgIpc) is 2.85. The van der Waals surface area contributed by atoms with Gasteiger partial charge in [0.25, 0.3) is 5.56 Å².